The van der Waals surface area contributed by atoms with Gasteiger partial charge in [-0.25, -0.2) is 0 Å². The lowest BCUT2D eigenvalue weighted by Crippen LogP contribution is -2.36. The van der Waals surface area contributed by atoms with Crippen LogP contribution in [0.4, 0.5) is 11.4 Å². The molecule has 3 amide bonds. The van der Waals surface area contributed by atoms with Crippen LogP contribution in [0.5, 0.6) is 11.5 Å². The van der Waals surface area contributed by atoms with Crippen LogP contribution >= 0.6 is 0 Å². The van der Waals surface area contributed by atoms with Crippen LogP contribution in [0, 0.1) is 0 Å². The van der Waals surface area contributed by atoms with Gasteiger partial charge in [0.15, 0.2) is 11.5 Å². The van der Waals surface area contributed by atoms with Crippen LogP contribution in [0.2, 0.25) is 0 Å². The van der Waals surface area contributed by atoms with Crippen LogP contribution in [-0.4, -0.2) is 36.0 Å². The number of carbonyl (C=O) groups is 3. The summed E-state index contributed by atoms with van der Waals surface area (Å²) in [5.74, 6) is 0.529. The van der Waals surface area contributed by atoms with Gasteiger partial charge in [-0.3, -0.25) is 14.4 Å². The molecule has 0 aromatic heterocycles. The molecule has 0 fully saturated rings. The highest BCUT2D eigenvalue weighted by atomic mass is 16.7. The van der Waals surface area contributed by atoms with Crippen LogP contribution in [-0.2, 0) is 20.9 Å². The highest BCUT2D eigenvalue weighted by molar-refractivity contribution is 5.95. The summed E-state index contributed by atoms with van der Waals surface area (Å²) in [7, 11) is 0. The van der Waals surface area contributed by atoms with E-state index in [9.17, 15) is 14.4 Å². The van der Waals surface area contributed by atoms with Crippen molar-refractivity contribution in [1.82, 2.24) is 4.90 Å². The third kappa shape index (κ3) is 5.00. The molecule has 146 valence electrons. The van der Waals surface area contributed by atoms with E-state index >= 15 is 0 Å². The summed E-state index contributed by atoms with van der Waals surface area (Å²) in [5.41, 5.74) is 1.94. The fraction of sp³-hybridized carbons (Fsp3) is 0.250. The van der Waals surface area contributed by atoms with Crippen molar-refractivity contribution < 1.29 is 23.9 Å². The SMILES string of the molecule is CC(=O)Nc1cccc(NC(=O)CN(Cc2ccc3c(c2)OCO3)C(C)=O)c1. The van der Waals surface area contributed by atoms with Crippen molar-refractivity contribution in [1.29, 1.82) is 0 Å². The van der Waals surface area contributed by atoms with E-state index in [0.717, 1.165) is 5.56 Å². The molecule has 0 unspecified atom stereocenters. The highest BCUT2D eigenvalue weighted by Crippen LogP contribution is 2.32. The maximum Gasteiger partial charge on any atom is 0.244 e. The fourth-order valence-corrected chi connectivity index (χ4v) is 2.79. The number of carbonyl (C=O) groups excluding carboxylic acids is 3. The Kier molecular flexibility index (Phi) is 5.78. The maximum atomic E-state index is 12.4. The third-order valence-corrected chi connectivity index (χ3v) is 4.06. The zero-order valence-corrected chi connectivity index (χ0v) is 15.7. The van der Waals surface area contributed by atoms with Gasteiger partial charge in [0.1, 0.15) is 6.54 Å². The summed E-state index contributed by atoms with van der Waals surface area (Å²) in [6.07, 6.45) is 0. The summed E-state index contributed by atoms with van der Waals surface area (Å²) < 4.78 is 10.6. The van der Waals surface area contributed by atoms with Crippen LogP contribution in [0.1, 0.15) is 19.4 Å². The Bertz CT molecular complexity index is 912. The van der Waals surface area contributed by atoms with E-state index in [2.05, 4.69) is 10.6 Å². The molecule has 2 aromatic rings. The van der Waals surface area contributed by atoms with Gasteiger partial charge in [-0.2, -0.15) is 0 Å². The standard InChI is InChI=1S/C20H21N3O5/c1-13(24)21-16-4-3-5-17(9-16)22-20(26)11-23(14(2)25)10-15-6-7-18-19(8-15)28-12-27-18/h3-9H,10-12H2,1-2H3,(H,21,24)(H,22,26). The molecule has 2 N–H and O–H groups in total. The molecule has 1 aliphatic heterocycles. The number of hydrogen-bond acceptors (Lipinski definition) is 5. The van der Waals surface area contributed by atoms with Gasteiger partial charge in [-0.1, -0.05) is 12.1 Å². The molecule has 0 radical (unpaired) electrons. The second-order valence-electron chi connectivity index (χ2n) is 6.37. The van der Waals surface area contributed by atoms with Crippen LogP contribution < -0.4 is 20.1 Å². The summed E-state index contributed by atoms with van der Waals surface area (Å²) in [5, 5.41) is 5.39. The second-order valence-corrected chi connectivity index (χ2v) is 6.37. The number of nitrogens with one attached hydrogen (secondary N) is 2. The molecular weight excluding hydrogens is 362 g/mol. The monoisotopic (exact) mass is 383 g/mol. The Balaban J connectivity index is 1.63. The van der Waals surface area contributed by atoms with Gasteiger partial charge in [0.05, 0.1) is 0 Å². The zero-order valence-electron chi connectivity index (χ0n) is 15.7. The summed E-state index contributed by atoms with van der Waals surface area (Å²) in [4.78, 5) is 37.0. The van der Waals surface area contributed by atoms with E-state index in [1.807, 2.05) is 6.07 Å². The van der Waals surface area contributed by atoms with Crippen molar-refractivity contribution in [2.75, 3.05) is 24.0 Å². The third-order valence-electron chi connectivity index (χ3n) is 4.06. The van der Waals surface area contributed by atoms with E-state index in [0.29, 0.717) is 22.9 Å². The quantitative estimate of drug-likeness (QED) is 0.798. The average Bonchev–Trinajstić information content (AvgIpc) is 3.08. The molecule has 2 aromatic carbocycles. The van der Waals surface area contributed by atoms with Gasteiger partial charge in [0.25, 0.3) is 0 Å². The van der Waals surface area contributed by atoms with E-state index < -0.39 is 0 Å². The molecule has 3 rings (SSSR count). The lowest BCUT2D eigenvalue weighted by Gasteiger charge is -2.21. The van der Waals surface area contributed by atoms with Gasteiger partial charge in [0, 0.05) is 31.8 Å². The molecule has 0 bridgehead atoms. The van der Waals surface area contributed by atoms with E-state index in [-0.39, 0.29) is 37.6 Å². The topological polar surface area (TPSA) is 97.0 Å². The Morgan fingerprint density at radius 2 is 1.68 bits per heavy atom. The molecule has 1 aliphatic rings. The molecule has 8 heteroatoms. The predicted molar refractivity (Wildman–Crippen MR) is 103 cm³/mol. The number of nitrogens with zero attached hydrogens (tertiary/aromatic N) is 1. The van der Waals surface area contributed by atoms with Gasteiger partial charge < -0.3 is 25.0 Å². The van der Waals surface area contributed by atoms with Gasteiger partial charge in [-0.05, 0) is 35.9 Å². The molecule has 1 heterocycles. The molecule has 0 atom stereocenters. The number of rotatable bonds is 6. The highest BCUT2D eigenvalue weighted by Gasteiger charge is 2.18. The molecule has 28 heavy (non-hydrogen) atoms. The number of ether oxygens (including phenoxy) is 2. The number of hydrogen-bond donors (Lipinski definition) is 2. The first kappa shape index (κ1) is 19.2. The smallest absolute Gasteiger partial charge is 0.244 e. The molecule has 0 saturated heterocycles. The molecule has 0 spiro atoms. The Hall–Kier alpha value is -3.55. The van der Waals surface area contributed by atoms with Crippen molar-refractivity contribution in [2.24, 2.45) is 0 Å². The second kappa shape index (κ2) is 8.43. The van der Waals surface area contributed by atoms with Gasteiger partial charge in [0.2, 0.25) is 24.5 Å². The Morgan fingerprint density at radius 1 is 0.964 bits per heavy atom. The molecule has 0 aliphatic carbocycles. The van der Waals surface area contributed by atoms with E-state index in [4.69, 9.17) is 9.47 Å². The van der Waals surface area contributed by atoms with E-state index in [1.165, 1.54) is 18.7 Å². The largest absolute Gasteiger partial charge is 0.454 e. The van der Waals surface area contributed by atoms with Gasteiger partial charge >= 0.3 is 0 Å². The number of fused-ring (bicyclic) bond motifs is 1. The first-order valence-electron chi connectivity index (χ1n) is 8.72. The average molecular weight is 383 g/mol. The van der Waals surface area contributed by atoms with Crippen LogP contribution in [0.3, 0.4) is 0 Å². The molecule has 0 saturated carbocycles. The van der Waals surface area contributed by atoms with Crippen molar-refractivity contribution in [3.63, 3.8) is 0 Å². The van der Waals surface area contributed by atoms with Crippen molar-refractivity contribution in [2.45, 2.75) is 20.4 Å². The maximum absolute atomic E-state index is 12.4. The summed E-state index contributed by atoms with van der Waals surface area (Å²) in [6.45, 7) is 3.17. The van der Waals surface area contributed by atoms with Crippen molar-refractivity contribution in [3.8, 4) is 11.5 Å². The van der Waals surface area contributed by atoms with Crippen LogP contribution in [0.15, 0.2) is 42.5 Å². The Morgan fingerprint density at radius 3 is 2.39 bits per heavy atom. The number of benzene rings is 2. The lowest BCUT2D eigenvalue weighted by molar-refractivity contribution is -0.133. The Labute approximate surface area is 162 Å². The minimum absolute atomic E-state index is 0.103. The molecule has 8 nitrogen and oxygen atoms in total. The summed E-state index contributed by atoms with van der Waals surface area (Å²) >= 11 is 0. The minimum atomic E-state index is -0.337. The molecular formula is C20H21N3O5. The first-order valence-corrected chi connectivity index (χ1v) is 8.72. The predicted octanol–water partition coefficient (Wildman–Crippen LogP) is 2.36. The van der Waals surface area contributed by atoms with Gasteiger partial charge in [-0.15, -0.1) is 0 Å². The van der Waals surface area contributed by atoms with Crippen molar-refractivity contribution in [3.05, 3.63) is 48.0 Å². The number of anilines is 2. The zero-order chi connectivity index (χ0) is 20.1. The van der Waals surface area contributed by atoms with Crippen molar-refractivity contribution >= 4 is 29.1 Å². The van der Waals surface area contributed by atoms with E-state index in [1.54, 1.807) is 36.4 Å². The summed E-state index contributed by atoms with van der Waals surface area (Å²) in [6, 6.07) is 12.2. The number of amides is 3. The fourth-order valence-electron chi connectivity index (χ4n) is 2.79. The first-order chi connectivity index (χ1) is 13.4. The normalized spacial score (nSPS) is 11.6. The minimum Gasteiger partial charge on any atom is -0.454 e. The lowest BCUT2D eigenvalue weighted by atomic mass is 10.2. The van der Waals surface area contributed by atoms with Crippen LogP contribution in [0.25, 0.3) is 0 Å².